The molecule has 1 aromatic carbocycles. The summed E-state index contributed by atoms with van der Waals surface area (Å²) in [7, 11) is 1.63. The lowest BCUT2D eigenvalue weighted by Crippen LogP contribution is -2.39. The SMILES string of the molecule is C=CCOc1cc(CN2CCC(Nc3nc(Cl)ncc3F)CC2)ccc1OC. The van der Waals surface area contributed by atoms with Gasteiger partial charge in [0.2, 0.25) is 5.28 Å². The van der Waals surface area contributed by atoms with E-state index in [1.165, 1.54) is 0 Å². The van der Waals surface area contributed by atoms with Crippen LogP contribution in [0, 0.1) is 5.82 Å². The summed E-state index contributed by atoms with van der Waals surface area (Å²) < 4.78 is 24.8. The second-order valence-corrected chi connectivity index (χ2v) is 6.95. The van der Waals surface area contributed by atoms with Crippen molar-refractivity contribution in [2.75, 3.05) is 32.1 Å². The van der Waals surface area contributed by atoms with Gasteiger partial charge in [-0.05, 0) is 42.1 Å². The fourth-order valence-electron chi connectivity index (χ4n) is 3.21. The number of hydrogen-bond acceptors (Lipinski definition) is 6. The van der Waals surface area contributed by atoms with Crippen LogP contribution in [-0.4, -0.2) is 47.7 Å². The minimum Gasteiger partial charge on any atom is -0.493 e. The molecular weight excluding hydrogens is 383 g/mol. The maximum atomic E-state index is 13.8. The zero-order valence-corrected chi connectivity index (χ0v) is 16.6. The van der Waals surface area contributed by atoms with Crippen molar-refractivity contribution in [3.63, 3.8) is 0 Å². The second-order valence-electron chi connectivity index (χ2n) is 6.62. The van der Waals surface area contributed by atoms with Crippen LogP contribution in [-0.2, 0) is 6.54 Å². The average Bonchev–Trinajstić information content (AvgIpc) is 2.71. The predicted molar refractivity (Wildman–Crippen MR) is 108 cm³/mol. The number of methoxy groups -OCH3 is 1. The number of likely N-dealkylation sites (tertiary alicyclic amines) is 1. The van der Waals surface area contributed by atoms with E-state index in [9.17, 15) is 4.39 Å². The topological polar surface area (TPSA) is 59.5 Å². The molecule has 28 heavy (non-hydrogen) atoms. The summed E-state index contributed by atoms with van der Waals surface area (Å²) in [4.78, 5) is 9.92. The summed E-state index contributed by atoms with van der Waals surface area (Å²) in [5, 5.41) is 3.18. The van der Waals surface area contributed by atoms with Crippen molar-refractivity contribution < 1.29 is 13.9 Å². The number of ether oxygens (including phenoxy) is 2. The molecule has 0 aliphatic carbocycles. The maximum absolute atomic E-state index is 13.8. The smallest absolute Gasteiger partial charge is 0.224 e. The standard InChI is InChI=1S/C20H24ClFN4O2/c1-3-10-28-18-11-14(4-5-17(18)27-2)13-26-8-6-15(7-9-26)24-19-16(22)12-23-20(21)25-19/h3-5,11-12,15H,1,6-10,13H2,2H3,(H,23,24,25). The number of anilines is 1. The number of hydrogen-bond donors (Lipinski definition) is 1. The van der Waals surface area contributed by atoms with Gasteiger partial charge >= 0.3 is 0 Å². The summed E-state index contributed by atoms with van der Waals surface area (Å²) in [6.07, 6.45) is 4.56. The predicted octanol–water partition coefficient (Wildman–Crippen LogP) is 3.92. The summed E-state index contributed by atoms with van der Waals surface area (Å²) in [5.74, 6) is 1.10. The zero-order chi connectivity index (χ0) is 19.9. The number of piperidine rings is 1. The van der Waals surface area contributed by atoms with Crippen molar-refractivity contribution in [2.45, 2.75) is 25.4 Å². The van der Waals surface area contributed by atoms with E-state index in [1.807, 2.05) is 18.2 Å². The first kappa shape index (κ1) is 20.4. The number of aromatic nitrogens is 2. The number of halogens is 2. The van der Waals surface area contributed by atoms with Crippen molar-refractivity contribution in [1.82, 2.24) is 14.9 Å². The van der Waals surface area contributed by atoms with Crippen LogP contribution >= 0.6 is 11.6 Å². The molecule has 0 bridgehead atoms. The van der Waals surface area contributed by atoms with Crippen LogP contribution in [0.15, 0.2) is 37.1 Å². The van der Waals surface area contributed by atoms with Gasteiger partial charge in [0.25, 0.3) is 0 Å². The molecule has 1 N–H and O–H groups in total. The van der Waals surface area contributed by atoms with E-state index in [4.69, 9.17) is 21.1 Å². The fraction of sp³-hybridized carbons (Fsp3) is 0.400. The van der Waals surface area contributed by atoms with Crippen molar-refractivity contribution in [3.8, 4) is 11.5 Å². The number of nitrogens with one attached hydrogen (secondary N) is 1. The van der Waals surface area contributed by atoms with E-state index in [0.717, 1.165) is 44.2 Å². The molecule has 0 unspecified atom stereocenters. The Kier molecular flexibility index (Phi) is 7.06. The highest BCUT2D eigenvalue weighted by Gasteiger charge is 2.21. The highest BCUT2D eigenvalue weighted by molar-refractivity contribution is 6.28. The minimum absolute atomic E-state index is 0.0373. The molecule has 3 rings (SSSR count). The van der Waals surface area contributed by atoms with Crippen LogP contribution < -0.4 is 14.8 Å². The van der Waals surface area contributed by atoms with Gasteiger partial charge in [-0.1, -0.05) is 18.7 Å². The lowest BCUT2D eigenvalue weighted by Gasteiger charge is -2.32. The average molecular weight is 407 g/mol. The third kappa shape index (κ3) is 5.33. The van der Waals surface area contributed by atoms with Crippen LogP contribution in [0.3, 0.4) is 0 Å². The molecule has 8 heteroatoms. The van der Waals surface area contributed by atoms with Gasteiger partial charge in [0.1, 0.15) is 6.61 Å². The van der Waals surface area contributed by atoms with Crippen LogP contribution in [0.1, 0.15) is 18.4 Å². The first-order valence-corrected chi connectivity index (χ1v) is 9.54. The Labute approximate surface area is 169 Å². The Morgan fingerprint density at radius 1 is 1.36 bits per heavy atom. The van der Waals surface area contributed by atoms with Gasteiger partial charge in [0.15, 0.2) is 23.1 Å². The molecule has 1 fully saturated rings. The summed E-state index contributed by atoms with van der Waals surface area (Å²) >= 11 is 5.75. The van der Waals surface area contributed by atoms with E-state index in [0.29, 0.717) is 18.1 Å². The number of rotatable bonds is 8. The number of benzene rings is 1. The quantitative estimate of drug-likeness (QED) is 0.529. The van der Waals surface area contributed by atoms with E-state index in [-0.39, 0.29) is 17.1 Å². The Hall–Kier alpha value is -2.38. The van der Waals surface area contributed by atoms with Crippen molar-refractivity contribution in [3.05, 3.63) is 53.7 Å². The zero-order valence-electron chi connectivity index (χ0n) is 15.8. The minimum atomic E-state index is -0.489. The van der Waals surface area contributed by atoms with Crippen molar-refractivity contribution in [2.24, 2.45) is 0 Å². The number of nitrogens with zero attached hydrogens (tertiary/aromatic N) is 3. The third-order valence-corrected chi connectivity index (χ3v) is 4.82. The highest BCUT2D eigenvalue weighted by Crippen LogP contribution is 2.29. The van der Waals surface area contributed by atoms with Crippen molar-refractivity contribution in [1.29, 1.82) is 0 Å². The monoisotopic (exact) mass is 406 g/mol. The first-order chi connectivity index (χ1) is 13.6. The van der Waals surface area contributed by atoms with E-state index in [1.54, 1.807) is 13.2 Å². The van der Waals surface area contributed by atoms with E-state index in [2.05, 4.69) is 26.8 Å². The van der Waals surface area contributed by atoms with E-state index >= 15 is 0 Å². The fourth-order valence-corrected chi connectivity index (χ4v) is 3.35. The Morgan fingerprint density at radius 3 is 2.86 bits per heavy atom. The molecule has 0 spiro atoms. The molecular formula is C20H24ClFN4O2. The summed E-state index contributed by atoms with van der Waals surface area (Å²) in [5.41, 5.74) is 1.15. The molecule has 1 aliphatic heterocycles. The largest absolute Gasteiger partial charge is 0.493 e. The molecule has 1 aromatic heterocycles. The van der Waals surface area contributed by atoms with Gasteiger partial charge in [-0.3, -0.25) is 4.90 Å². The van der Waals surface area contributed by atoms with E-state index < -0.39 is 5.82 Å². The maximum Gasteiger partial charge on any atom is 0.224 e. The van der Waals surface area contributed by atoms with Gasteiger partial charge in [0.05, 0.1) is 13.3 Å². The molecule has 6 nitrogen and oxygen atoms in total. The van der Waals surface area contributed by atoms with Gasteiger partial charge in [-0.25, -0.2) is 9.37 Å². The molecule has 0 amide bonds. The van der Waals surface area contributed by atoms with Gasteiger partial charge in [0, 0.05) is 25.7 Å². The normalized spacial score (nSPS) is 15.2. The van der Waals surface area contributed by atoms with Crippen LogP contribution in [0.25, 0.3) is 0 Å². The summed E-state index contributed by atoms with van der Waals surface area (Å²) in [6.45, 7) is 6.71. The van der Waals surface area contributed by atoms with Crippen LogP contribution in [0.4, 0.5) is 10.2 Å². The lowest BCUT2D eigenvalue weighted by atomic mass is 10.0. The molecule has 150 valence electrons. The van der Waals surface area contributed by atoms with Gasteiger partial charge in [-0.2, -0.15) is 4.98 Å². The molecule has 0 atom stereocenters. The summed E-state index contributed by atoms with van der Waals surface area (Å²) in [6, 6.07) is 6.12. The molecule has 0 saturated carbocycles. The van der Waals surface area contributed by atoms with Crippen LogP contribution in [0.2, 0.25) is 5.28 Å². The second kappa shape index (κ2) is 9.71. The van der Waals surface area contributed by atoms with Gasteiger partial charge < -0.3 is 14.8 Å². The van der Waals surface area contributed by atoms with Crippen molar-refractivity contribution >= 4 is 17.4 Å². The third-order valence-electron chi connectivity index (χ3n) is 4.63. The Morgan fingerprint density at radius 2 is 2.14 bits per heavy atom. The Balaban J connectivity index is 1.55. The Bertz CT molecular complexity index is 813. The molecule has 1 aliphatic rings. The molecule has 2 aromatic rings. The molecule has 0 radical (unpaired) electrons. The first-order valence-electron chi connectivity index (χ1n) is 9.16. The van der Waals surface area contributed by atoms with Crippen LogP contribution in [0.5, 0.6) is 11.5 Å². The lowest BCUT2D eigenvalue weighted by molar-refractivity contribution is 0.210. The highest BCUT2D eigenvalue weighted by atomic mass is 35.5. The molecule has 1 saturated heterocycles. The van der Waals surface area contributed by atoms with Gasteiger partial charge in [-0.15, -0.1) is 0 Å². The molecule has 2 heterocycles.